The molecule has 2 saturated heterocycles. The first-order valence-corrected chi connectivity index (χ1v) is 8.20. The van der Waals surface area contributed by atoms with Gasteiger partial charge in [0.25, 0.3) is 0 Å². The number of piperidine rings is 1. The highest BCUT2D eigenvalue weighted by atomic mass is 15.2. The van der Waals surface area contributed by atoms with Gasteiger partial charge < -0.3 is 4.90 Å². The Bertz CT molecular complexity index is 287. The van der Waals surface area contributed by atoms with Gasteiger partial charge in [-0.2, -0.15) is 0 Å². The first kappa shape index (κ1) is 12.9. The SMILES string of the molecule is CCCC(C)N1CCC2(CCCN(C3CC3)C2)C1. The van der Waals surface area contributed by atoms with Crippen molar-refractivity contribution in [3.8, 4) is 0 Å². The first-order chi connectivity index (χ1) is 8.72. The minimum Gasteiger partial charge on any atom is -0.300 e. The van der Waals surface area contributed by atoms with Crippen molar-refractivity contribution in [3.05, 3.63) is 0 Å². The van der Waals surface area contributed by atoms with E-state index in [9.17, 15) is 0 Å². The van der Waals surface area contributed by atoms with Crippen LogP contribution in [0.1, 0.15) is 58.8 Å². The maximum atomic E-state index is 2.82. The molecule has 2 heteroatoms. The van der Waals surface area contributed by atoms with Crippen molar-refractivity contribution in [2.75, 3.05) is 26.2 Å². The lowest BCUT2D eigenvalue weighted by molar-refractivity contribution is 0.0815. The number of likely N-dealkylation sites (tertiary alicyclic amines) is 2. The summed E-state index contributed by atoms with van der Waals surface area (Å²) >= 11 is 0. The molecule has 1 saturated carbocycles. The Balaban J connectivity index is 1.58. The fraction of sp³-hybridized carbons (Fsp3) is 1.00. The molecule has 1 aliphatic carbocycles. The van der Waals surface area contributed by atoms with Gasteiger partial charge in [-0.05, 0) is 64.0 Å². The van der Waals surface area contributed by atoms with Crippen LogP contribution in [-0.4, -0.2) is 48.1 Å². The Hall–Kier alpha value is -0.0800. The third kappa shape index (κ3) is 2.60. The zero-order valence-corrected chi connectivity index (χ0v) is 12.3. The molecule has 0 amide bonds. The normalized spacial score (nSPS) is 36.3. The van der Waals surface area contributed by atoms with Crippen LogP contribution in [0.25, 0.3) is 0 Å². The van der Waals surface area contributed by atoms with Crippen molar-refractivity contribution in [2.45, 2.75) is 70.9 Å². The van der Waals surface area contributed by atoms with Crippen LogP contribution in [0.4, 0.5) is 0 Å². The number of hydrogen-bond donors (Lipinski definition) is 0. The summed E-state index contributed by atoms with van der Waals surface area (Å²) in [4.78, 5) is 5.59. The third-order valence-corrected chi connectivity index (χ3v) is 5.55. The second-order valence-electron chi connectivity index (χ2n) is 7.16. The van der Waals surface area contributed by atoms with Crippen LogP contribution in [0.3, 0.4) is 0 Å². The highest BCUT2D eigenvalue weighted by Crippen LogP contribution is 2.42. The zero-order chi connectivity index (χ0) is 12.6. The van der Waals surface area contributed by atoms with Crippen molar-refractivity contribution < 1.29 is 0 Å². The molecular weight excluding hydrogens is 220 g/mol. The molecule has 0 radical (unpaired) electrons. The second-order valence-corrected chi connectivity index (χ2v) is 7.16. The van der Waals surface area contributed by atoms with E-state index < -0.39 is 0 Å². The van der Waals surface area contributed by atoms with Crippen molar-refractivity contribution in [1.29, 1.82) is 0 Å². The van der Waals surface area contributed by atoms with Gasteiger partial charge in [0.1, 0.15) is 0 Å². The van der Waals surface area contributed by atoms with Gasteiger partial charge in [-0.3, -0.25) is 4.90 Å². The van der Waals surface area contributed by atoms with Crippen LogP contribution in [0.5, 0.6) is 0 Å². The molecule has 0 aromatic rings. The van der Waals surface area contributed by atoms with Gasteiger partial charge >= 0.3 is 0 Å². The topological polar surface area (TPSA) is 6.48 Å². The minimum atomic E-state index is 0.669. The van der Waals surface area contributed by atoms with Crippen LogP contribution >= 0.6 is 0 Å². The lowest BCUT2D eigenvalue weighted by atomic mass is 9.79. The third-order valence-electron chi connectivity index (χ3n) is 5.55. The van der Waals surface area contributed by atoms with E-state index in [0.29, 0.717) is 5.41 Å². The highest BCUT2D eigenvalue weighted by Gasteiger charge is 2.44. The van der Waals surface area contributed by atoms with Gasteiger partial charge in [0.15, 0.2) is 0 Å². The first-order valence-electron chi connectivity index (χ1n) is 8.20. The fourth-order valence-corrected chi connectivity index (χ4v) is 4.28. The van der Waals surface area contributed by atoms with Crippen molar-refractivity contribution >= 4 is 0 Å². The summed E-state index contributed by atoms with van der Waals surface area (Å²) in [5.74, 6) is 0. The smallest absolute Gasteiger partial charge is 0.00966 e. The summed E-state index contributed by atoms with van der Waals surface area (Å²) in [5.41, 5.74) is 0.669. The molecule has 18 heavy (non-hydrogen) atoms. The molecule has 0 aromatic carbocycles. The standard InChI is InChI=1S/C16H30N2/c1-3-5-14(2)17-11-9-16(12-17)8-4-10-18(13-16)15-6-7-15/h14-15H,3-13H2,1-2H3. The quantitative estimate of drug-likeness (QED) is 0.756. The lowest BCUT2D eigenvalue weighted by Gasteiger charge is -2.41. The molecule has 3 rings (SSSR count). The van der Waals surface area contributed by atoms with Gasteiger partial charge in [0, 0.05) is 25.2 Å². The van der Waals surface area contributed by atoms with E-state index >= 15 is 0 Å². The van der Waals surface area contributed by atoms with Crippen LogP contribution in [0.15, 0.2) is 0 Å². The van der Waals surface area contributed by atoms with Crippen LogP contribution in [-0.2, 0) is 0 Å². The van der Waals surface area contributed by atoms with Gasteiger partial charge in [0.2, 0.25) is 0 Å². The Morgan fingerprint density at radius 2 is 2.00 bits per heavy atom. The molecule has 3 fully saturated rings. The summed E-state index contributed by atoms with van der Waals surface area (Å²) in [5, 5.41) is 0. The van der Waals surface area contributed by atoms with Gasteiger partial charge in [-0.1, -0.05) is 13.3 Å². The van der Waals surface area contributed by atoms with Gasteiger partial charge in [-0.15, -0.1) is 0 Å². The maximum Gasteiger partial charge on any atom is 0.00966 e. The zero-order valence-electron chi connectivity index (χ0n) is 12.3. The van der Waals surface area contributed by atoms with Gasteiger partial charge in [0.05, 0.1) is 0 Å². The van der Waals surface area contributed by atoms with E-state index in [1.807, 2.05) is 0 Å². The van der Waals surface area contributed by atoms with Crippen LogP contribution in [0, 0.1) is 5.41 Å². The molecule has 0 bridgehead atoms. The van der Waals surface area contributed by atoms with Crippen molar-refractivity contribution in [3.63, 3.8) is 0 Å². The second kappa shape index (κ2) is 5.13. The molecule has 3 aliphatic rings. The molecule has 2 unspecified atom stereocenters. The Morgan fingerprint density at radius 3 is 2.72 bits per heavy atom. The van der Waals surface area contributed by atoms with E-state index in [4.69, 9.17) is 0 Å². The summed E-state index contributed by atoms with van der Waals surface area (Å²) in [6.45, 7) is 10.3. The van der Waals surface area contributed by atoms with E-state index in [-0.39, 0.29) is 0 Å². The predicted octanol–water partition coefficient (Wildman–Crippen LogP) is 3.13. The van der Waals surface area contributed by atoms with E-state index in [0.717, 1.165) is 12.1 Å². The fourth-order valence-electron chi connectivity index (χ4n) is 4.28. The Labute approximate surface area is 113 Å². The monoisotopic (exact) mass is 250 g/mol. The average molecular weight is 250 g/mol. The van der Waals surface area contributed by atoms with Crippen molar-refractivity contribution in [1.82, 2.24) is 9.80 Å². The number of hydrogen-bond acceptors (Lipinski definition) is 2. The van der Waals surface area contributed by atoms with Crippen molar-refractivity contribution in [2.24, 2.45) is 5.41 Å². The average Bonchev–Trinajstić information content (AvgIpc) is 3.14. The molecule has 2 heterocycles. The number of nitrogens with zero attached hydrogens (tertiary/aromatic N) is 2. The Morgan fingerprint density at radius 1 is 1.17 bits per heavy atom. The lowest BCUT2D eigenvalue weighted by Crippen LogP contribution is -2.46. The molecule has 0 aromatic heterocycles. The number of rotatable bonds is 4. The summed E-state index contributed by atoms with van der Waals surface area (Å²) < 4.78 is 0. The maximum absolute atomic E-state index is 2.82. The highest BCUT2D eigenvalue weighted by molar-refractivity contribution is 4.99. The summed E-state index contributed by atoms with van der Waals surface area (Å²) in [6.07, 6.45) is 10.1. The molecule has 1 spiro atoms. The molecule has 2 atom stereocenters. The minimum absolute atomic E-state index is 0.669. The van der Waals surface area contributed by atoms with E-state index in [1.165, 1.54) is 71.1 Å². The van der Waals surface area contributed by atoms with Crippen LogP contribution in [0.2, 0.25) is 0 Å². The largest absolute Gasteiger partial charge is 0.300 e. The predicted molar refractivity (Wildman–Crippen MR) is 76.8 cm³/mol. The van der Waals surface area contributed by atoms with E-state index in [1.54, 1.807) is 0 Å². The summed E-state index contributed by atoms with van der Waals surface area (Å²) in [6, 6.07) is 1.79. The molecule has 2 aliphatic heterocycles. The molecule has 104 valence electrons. The molecule has 2 nitrogen and oxygen atoms in total. The Kier molecular flexibility index (Phi) is 3.68. The molecular formula is C16H30N2. The molecule has 0 N–H and O–H groups in total. The summed E-state index contributed by atoms with van der Waals surface area (Å²) in [7, 11) is 0. The van der Waals surface area contributed by atoms with Crippen LogP contribution < -0.4 is 0 Å². The van der Waals surface area contributed by atoms with E-state index in [2.05, 4.69) is 23.6 Å². The van der Waals surface area contributed by atoms with Gasteiger partial charge in [-0.25, -0.2) is 0 Å².